The number of phosphoric ester groups is 1. The molecule has 0 aliphatic carbocycles. The van der Waals surface area contributed by atoms with Crippen molar-refractivity contribution in [2.75, 3.05) is 26.4 Å². The minimum atomic E-state index is -4.71. The molecule has 2 unspecified atom stereocenters. The number of hydrogen-bond donors (Lipinski definition) is 4. The van der Waals surface area contributed by atoms with Crippen molar-refractivity contribution in [1.29, 1.82) is 5.26 Å². The van der Waals surface area contributed by atoms with Gasteiger partial charge in [-0.25, -0.2) is 9.56 Å². The van der Waals surface area contributed by atoms with E-state index in [1.54, 1.807) is 23.2 Å². The van der Waals surface area contributed by atoms with E-state index >= 15 is 0 Å². The molecule has 15 nitrogen and oxygen atoms in total. The van der Waals surface area contributed by atoms with Crippen molar-refractivity contribution in [2.45, 2.75) is 186 Å². The summed E-state index contributed by atoms with van der Waals surface area (Å²) < 4.78 is 48.0. The van der Waals surface area contributed by atoms with Gasteiger partial charge in [0.05, 0.1) is 49.8 Å². The number of fused-ring (bicyclic) bond motifs is 1. The van der Waals surface area contributed by atoms with E-state index in [-0.39, 0.29) is 31.8 Å². The normalized spacial score (nSPS) is 23.9. The van der Waals surface area contributed by atoms with Crippen molar-refractivity contribution in [3.05, 3.63) is 41.1 Å². The van der Waals surface area contributed by atoms with Gasteiger partial charge < -0.3 is 39.8 Å². The fourth-order valence-electron chi connectivity index (χ4n) is 7.72. The van der Waals surface area contributed by atoms with Crippen molar-refractivity contribution in [3.8, 4) is 11.8 Å². The Morgan fingerprint density at radius 1 is 0.983 bits per heavy atom. The van der Waals surface area contributed by atoms with Crippen LogP contribution in [0.5, 0.6) is 5.75 Å². The number of hydrogen-bond acceptors (Lipinski definition) is 14. The number of aliphatic hydroxyl groups is 2. The topological polar surface area (TPSA) is 211 Å². The van der Waals surface area contributed by atoms with Crippen LogP contribution in [0.3, 0.4) is 0 Å². The fraction of sp³-hybridized carbons (Fsp3) is 0.750. The van der Waals surface area contributed by atoms with Gasteiger partial charge in [0.2, 0.25) is 0 Å². The summed E-state index contributed by atoms with van der Waals surface area (Å²) in [5.41, 5.74) is 6.16. The van der Waals surface area contributed by atoms with Gasteiger partial charge in [-0.2, -0.15) is 10.4 Å². The molecule has 3 aliphatic rings. The maximum Gasteiger partial charge on any atom is 0.472 e. The number of nitrogens with two attached hydrogens (primary N) is 1. The van der Waals surface area contributed by atoms with Gasteiger partial charge in [0.15, 0.2) is 5.84 Å². The van der Waals surface area contributed by atoms with Gasteiger partial charge in [-0.05, 0) is 51.3 Å². The fourth-order valence-corrected chi connectivity index (χ4v) is 8.57. The third kappa shape index (κ3) is 16.1. The molecule has 0 bridgehead atoms. The minimum Gasteiger partial charge on any atom is -0.490 e. The third-order valence-electron chi connectivity index (χ3n) is 11.2. The first-order valence-electron chi connectivity index (χ1n) is 22.3. The molecule has 7 atom stereocenters. The van der Waals surface area contributed by atoms with Crippen LogP contribution in [0.25, 0.3) is 0 Å². The van der Waals surface area contributed by atoms with Gasteiger partial charge in [-0.15, -0.1) is 0 Å². The minimum absolute atomic E-state index is 0.0981. The molecule has 1 fully saturated rings. The summed E-state index contributed by atoms with van der Waals surface area (Å²) in [6, 6.07) is 6.82. The Balaban J connectivity index is 1.20. The molecule has 0 aromatic heterocycles. The molecule has 1 saturated heterocycles. The van der Waals surface area contributed by atoms with E-state index in [4.69, 9.17) is 33.7 Å². The number of amidine groups is 1. The molecule has 4 rings (SSSR count). The Morgan fingerprint density at radius 2 is 1.62 bits per heavy atom. The number of aliphatic imine (C=N–C) groups is 1. The Labute approximate surface area is 357 Å². The van der Waals surface area contributed by atoms with E-state index in [9.17, 15) is 24.9 Å². The van der Waals surface area contributed by atoms with Gasteiger partial charge in [0, 0.05) is 6.61 Å². The second-order valence-electron chi connectivity index (χ2n) is 16.8. The summed E-state index contributed by atoms with van der Waals surface area (Å²) in [5.74, 6) is 0.720. The van der Waals surface area contributed by atoms with Crippen molar-refractivity contribution in [3.63, 3.8) is 0 Å². The Kier molecular flexibility index (Phi) is 21.5. The van der Waals surface area contributed by atoms with Crippen molar-refractivity contribution >= 4 is 20.0 Å². The number of rotatable bonds is 31. The lowest BCUT2D eigenvalue weighted by atomic mass is 9.95. The predicted molar refractivity (Wildman–Crippen MR) is 231 cm³/mol. The van der Waals surface area contributed by atoms with Crippen LogP contribution >= 0.6 is 7.82 Å². The molecule has 0 amide bonds. The standard InChI is InChI=1S/C44H72N5O10P/c1-5-6-7-8-9-10-11-12-13-14-15-16-17-18-19-20-25-54-29-36(55-28-34-21-22-35(27-45)39(26-34)58-33(2)3)30-56-60(52,53)57-31-44(4)42(51)40(50)41(59-44)37-23-24-38-43(46)47-32-48-49(37)38/h21-22,24,26,32-33,36-37,40-42,50-51H,5-20,23,25,28-31H2,1-4H3,(H,52,53)(H2,46,47,48)/t36-,37?,40+,41+,42+,44-/m1/s1. The highest BCUT2D eigenvalue weighted by Crippen LogP contribution is 2.47. The smallest absolute Gasteiger partial charge is 0.472 e. The summed E-state index contributed by atoms with van der Waals surface area (Å²) in [6.07, 6.45) is 19.4. The molecule has 338 valence electrons. The Hall–Kier alpha value is -2.90. The zero-order valence-corrected chi connectivity index (χ0v) is 37.3. The average molecular weight is 862 g/mol. The third-order valence-corrected chi connectivity index (χ3v) is 12.1. The first-order chi connectivity index (χ1) is 28.9. The second kappa shape index (κ2) is 25.9. The van der Waals surface area contributed by atoms with Crippen LogP contribution in [-0.2, 0) is 34.4 Å². The number of unbranched alkanes of at least 4 members (excludes halogenated alkanes) is 15. The van der Waals surface area contributed by atoms with Crippen LogP contribution in [0, 0.1) is 11.3 Å². The van der Waals surface area contributed by atoms with E-state index < -0.39 is 50.5 Å². The van der Waals surface area contributed by atoms with Gasteiger partial charge in [-0.1, -0.05) is 115 Å². The Bertz CT molecular complexity index is 1620. The monoisotopic (exact) mass is 862 g/mol. The quantitative estimate of drug-likeness (QED) is 0.0415. The molecule has 0 radical (unpaired) electrons. The van der Waals surface area contributed by atoms with Gasteiger partial charge in [0.1, 0.15) is 48.2 Å². The van der Waals surface area contributed by atoms with Crippen LogP contribution < -0.4 is 10.5 Å². The van der Waals surface area contributed by atoms with Crippen molar-refractivity contribution in [1.82, 2.24) is 5.01 Å². The van der Waals surface area contributed by atoms with Gasteiger partial charge in [0.25, 0.3) is 0 Å². The molecule has 5 N–H and O–H groups in total. The highest BCUT2D eigenvalue weighted by atomic mass is 31.2. The lowest BCUT2D eigenvalue weighted by molar-refractivity contribution is -0.111. The first-order valence-corrected chi connectivity index (χ1v) is 23.8. The summed E-state index contributed by atoms with van der Waals surface area (Å²) in [7, 11) is -4.71. The van der Waals surface area contributed by atoms with Gasteiger partial charge in [-0.3, -0.25) is 14.1 Å². The molecule has 3 heterocycles. The summed E-state index contributed by atoms with van der Waals surface area (Å²) in [6.45, 7) is 7.32. The van der Waals surface area contributed by atoms with E-state index in [2.05, 4.69) is 23.1 Å². The van der Waals surface area contributed by atoms with Crippen molar-refractivity contribution < 1.29 is 47.7 Å². The summed E-state index contributed by atoms with van der Waals surface area (Å²) in [5, 5.41) is 37.4. The van der Waals surface area contributed by atoms with Crippen LogP contribution in [0.4, 0.5) is 0 Å². The number of benzene rings is 1. The number of nitriles is 1. The maximum atomic E-state index is 13.2. The van der Waals surface area contributed by atoms with Crippen LogP contribution in [0.15, 0.2) is 40.1 Å². The second-order valence-corrected chi connectivity index (χ2v) is 18.2. The van der Waals surface area contributed by atoms with Crippen LogP contribution in [0.1, 0.15) is 148 Å². The lowest BCUT2D eigenvalue weighted by Gasteiger charge is -2.32. The first kappa shape index (κ1) is 49.8. The number of nitrogens with zero attached hydrogens (tertiary/aromatic N) is 4. The molecule has 16 heteroatoms. The number of ether oxygens (including phenoxy) is 4. The van der Waals surface area contributed by atoms with Crippen LogP contribution in [0.2, 0.25) is 0 Å². The molecule has 1 aromatic rings. The SMILES string of the molecule is CCCCCCCCCCCCCCCCCCOC[C@H](COP(=O)(O)OC[C@@]1(C)O[C@@H](C2CC=C3C(N)=NC=NN32)[C@H](O)[C@@H]1O)OCc1ccc(C#N)c(OC(C)C)c1. The van der Waals surface area contributed by atoms with E-state index in [1.165, 1.54) is 96.7 Å². The molecule has 1 aromatic carbocycles. The average Bonchev–Trinajstić information content (AvgIpc) is 3.75. The summed E-state index contributed by atoms with van der Waals surface area (Å²) in [4.78, 5) is 14.7. The molecule has 0 saturated carbocycles. The number of aliphatic hydroxyl groups excluding tert-OH is 2. The van der Waals surface area contributed by atoms with E-state index in [0.29, 0.717) is 30.0 Å². The van der Waals surface area contributed by atoms with Crippen LogP contribution in [-0.4, -0.2) is 101 Å². The molecule has 0 spiro atoms. The van der Waals surface area contributed by atoms with E-state index in [1.807, 2.05) is 19.9 Å². The zero-order valence-electron chi connectivity index (χ0n) is 36.4. The molecular weight excluding hydrogens is 789 g/mol. The van der Waals surface area contributed by atoms with E-state index in [0.717, 1.165) is 24.8 Å². The number of phosphoric acid groups is 1. The largest absolute Gasteiger partial charge is 0.490 e. The predicted octanol–water partition coefficient (Wildman–Crippen LogP) is 7.79. The molecule has 60 heavy (non-hydrogen) atoms. The summed E-state index contributed by atoms with van der Waals surface area (Å²) >= 11 is 0. The van der Waals surface area contributed by atoms with Gasteiger partial charge >= 0.3 is 7.82 Å². The highest BCUT2D eigenvalue weighted by molar-refractivity contribution is 7.47. The molecular formula is C44H72N5O10P. The van der Waals surface area contributed by atoms with Crippen molar-refractivity contribution in [2.24, 2.45) is 15.8 Å². The lowest BCUT2D eigenvalue weighted by Crippen LogP contribution is -2.46. The maximum absolute atomic E-state index is 13.2. The zero-order chi connectivity index (χ0) is 43.4. The Morgan fingerprint density at radius 3 is 2.23 bits per heavy atom. The highest BCUT2D eigenvalue weighted by Gasteiger charge is 2.56. The molecule has 3 aliphatic heterocycles. The number of hydrazone groups is 1.